The molecule has 1 aliphatic heterocycles. The van der Waals surface area contributed by atoms with Crippen LogP contribution in [0.5, 0.6) is 11.5 Å². The van der Waals surface area contributed by atoms with Gasteiger partial charge < -0.3 is 14.6 Å². The number of hydrogen-bond acceptors (Lipinski definition) is 6. The van der Waals surface area contributed by atoms with E-state index >= 15 is 0 Å². The minimum Gasteiger partial charge on any atom is -0.493 e. The molecule has 138 valence electrons. The summed E-state index contributed by atoms with van der Waals surface area (Å²) in [4.78, 5) is 25.4. The largest absolute Gasteiger partial charge is 0.493 e. The number of nitrogens with zero attached hydrogens (tertiary/aromatic N) is 1. The zero-order chi connectivity index (χ0) is 19.4. The Morgan fingerprint density at radius 2 is 1.96 bits per heavy atom. The number of para-hydroxylation sites is 1. The Balaban J connectivity index is 1.85. The van der Waals surface area contributed by atoms with Crippen molar-refractivity contribution in [1.82, 2.24) is 0 Å². The Morgan fingerprint density at radius 3 is 2.63 bits per heavy atom. The first kappa shape index (κ1) is 18.9. The van der Waals surface area contributed by atoms with E-state index in [9.17, 15) is 9.59 Å². The Morgan fingerprint density at radius 1 is 1.22 bits per heavy atom. The van der Waals surface area contributed by atoms with E-state index in [1.54, 1.807) is 24.3 Å². The lowest BCUT2D eigenvalue weighted by Gasteiger charge is -2.13. The highest BCUT2D eigenvalue weighted by Gasteiger charge is 2.33. The third kappa shape index (κ3) is 4.29. The molecular formula is C19H15NO5S2. The molecule has 1 fully saturated rings. The van der Waals surface area contributed by atoms with Crippen molar-refractivity contribution in [2.24, 2.45) is 0 Å². The van der Waals surface area contributed by atoms with E-state index in [0.29, 0.717) is 26.3 Å². The van der Waals surface area contributed by atoms with Crippen molar-refractivity contribution in [3.05, 3.63) is 59.0 Å². The number of aliphatic carboxylic acids is 1. The second-order valence-electron chi connectivity index (χ2n) is 5.45. The smallest absolute Gasteiger partial charge is 0.341 e. The van der Waals surface area contributed by atoms with Crippen LogP contribution < -0.4 is 14.4 Å². The Labute approximate surface area is 165 Å². The van der Waals surface area contributed by atoms with Gasteiger partial charge >= 0.3 is 5.97 Å². The molecule has 1 N–H and O–H groups in total. The number of thiocarbonyl (C=S) groups is 1. The summed E-state index contributed by atoms with van der Waals surface area (Å²) in [6, 6.07) is 14.2. The van der Waals surface area contributed by atoms with E-state index in [1.807, 2.05) is 30.3 Å². The number of carbonyl (C=O) groups excluding carboxylic acids is 1. The molecule has 0 saturated carbocycles. The number of methoxy groups -OCH3 is 1. The van der Waals surface area contributed by atoms with Crippen molar-refractivity contribution in [3.63, 3.8) is 0 Å². The van der Waals surface area contributed by atoms with Crippen LogP contribution in [0.4, 0.5) is 5.69 Å². The number of carbonyl (C=O) groups is 2. The molecule has 6 nitrogen and oxygen atoms in total. The highest BCUT2D eigenvalue weighted by molar-refractivity contribution is 8.27. The molecule has 2 aromatic carbocycles. The third-order valence-corrected chi connectivity index (χ3v) is 4.95. The number of rotatable bonds is 6. The molecule has 1 aliphatic rings. The predicted octanol–water partition coefficient (Wildman–Crippen LogP) is 3.56. The Kier molecular flexibility index (Phi) is 5.78. The molecule has 0 radical (unpaired) electrons. The maximum absolute atomic E-state index is 12.7. The second-order valence-corrected chi connectivity index (χ2v) is 7.12. The van der Waals surface area contributed by atoms with Crippen LogP contribution in [0.2, 0.25) is 0 Å². The number of thioether (sulfide) groups is 1. The predicted molar refractivity (Wildman–Crippen MR) is 108 cm³/mol. The molecule has 27 heavy (non-hydrogen) atoms. The average molecular weight is 401 g/mol. The summed E-state index contributed by atoms with van der Waals surface area (Å²) in [5.74, 6) is -0.579. The molecule has 1 heterocycles. The molecule has 8 heteroatoms. The number of hydrogen-bond donors (Lipinski definition) is 1. The van der Waals surface area contributed by atoms with Crippen LogP contribution in [0.25, 0.3) is 6.08 Å². The van der Waals surface area contributed by atoms with Gasteiger partial charge in [0.15, 0.2) is 22.4 Å². The van der Waals surface area contributed by atoms with Gasteiger partial charge in [0, 0.05) is 0 Å². The van der Waals surface area contributed by atoms with Crippen LogP contribution in [0.15, 0.2) is 53.4 Å². The van der Waals surface area contributed by atoms with Gasteiger partial charge in [0.25, 0.3) is 5.91 Å². The van der Waals surface area contributed by atoms with Crippen molar-refractivity contribution < 1.29 is 24.2 Å². The van der Waals surface area contributed by atoms with Crippen molar-refractivity contribution in [2.75, 3.05) is 18.6 Å². The molecule has 1 saturated heterocycles. The molecular weight excluding hydrogens is 386 g/mol. The van der Waals surface area contributed by atoms with Crippen molar-refractivity contribution in [1.29, 1.82) is 0 Å². The van der Waals surface area contributed by atoms with Crippen LogP contribution in [-0.4, -0.2) is 35.0 Å². The minimum atomic E-state index is -1.08. The minimum absolute atomic E-state index is 0.193. The van der Waals surface area contributed by atoms with Gasteiger partial charge in [0.05, 0.1) is 17.7 Å². The van der Waals surface area contributed by atoms with Gasteiger partial charge in [-0.3, -0.25) is 9.69 Å². The number of ether oxygens (including phenoxy) is 2. The summed E-state index contributed by atoms with van der Waals surface area (Å²) < 4.78 is 10.9. The third-order valence-electron chi connectivity index (χ3n) is 3.64. The molecule has 0 atom stereocenters. The first-order valence-electron chi connectivity index (χ1n) is 7.85. The summed E-state index contributed by atoms with van der Waals surface area (Å²) in [6.45, 7) is -0.467. The molecule has 2 aromatic rings. The number of carboxylic acid groups (broad SMARTS) is 1. The summed E-state index contributed by atoms with van der Waals surface area (Å²) >= 11 is 6.57. The quantitative estimate of drug-likeness (QED) is 0.586. The zero-order valence-electron chi connectivity index (χ0n) is 14.2. The fraction of sp³-hybridized carbons (Fsp3) is 0.105. The van der Waals surface area contributed by atoms with Gasteiger partial charge in [-0.05, 0) is 35.9 Å². The molecule has 0 aliphatic carbocycles. The van der Waals surface area contributed by atoms with E-state index in [4.69, 9.17) is 26.8 Å². The standard InChI is InChI=1S/C19H15NO5S2/c1-24-15-9-12(7-8-14(15)25-11-17(21)22)10-16-18(23)20(19(26)27-16)13-5-3-2-4-6-13/h2-10H,11H2,1H3,(H,21,22)/b16-10-. The Bertz CT molecular complexity index is 927. The highest BCUT2D eigenvalue weighted by atomic mass is 32.2. The van der Waals surface area contributed by atoms with Gasteiger partial charge in [-0.2, -0.15) is 0 Å². The number of anilines is 1. The molecule has 0 aromatic heterocycles. The van der Waals surface area contributed by atoms with Gasteiger partial charge in [-0.1, -0.05) is 48.2 Å². The molecule has 3 rings (SSSR count). The summed E-state index contributed by atoms with van der Waals surface area (Å²) in [6.07, 6.45) is 1.71. The van der Waals surface area contributed by atoms with E-state index in [2.05, 4.69) is 0 Å². The maximum atomic E-state index is 12.7. The van der Waals surface area contributed by atoms with Crippen LogP contribution >= 0.6 is 24.0 Å². The van der Waals surface area contributed by atoms with Crippen LogP contribution in [0.3, 0.4) is 0 Å². The molecule has 1 amide bonds. The van der Waals surface area contributed by atoms with Crippen molar-refractivity contribution >= 4 is 51.9 Å². The topological polar surface area (TPSA) is 76.1 Å². The lowest BCUT2D eigenvalue weighted by Crippen LogP contribution is -2.27. The fourth-order valence-electron chi connectivity index (χ4n) is 2.45. The molecule has 0 unspecified atom stereocenters. The highest BCUT2D eigenvalue weighted by Crippen LogP contribution is 2.37. The zero-order valence-corrected chi connectivity index (χ0v) is 15.9. The van der Waals surface area contributed by atoms with Crippen molar-refractivity contribution in [3.8, 4) is 11.5 Å². The number of benzene rings is 2. The Hall–Kier alpha value is -2.84. The van der Waals surface area contributed by atoms with Gasteiger partial charge in [0.2, 0.25) is 0 Å². The molecule has 0 spiro atoms. The van der Waals surface area contributed by atoms with Gasteiger partial charge in [0.1, 0.15) is 0 Å². The second kappa shape index (κ2) is 8.24. The normalized spacial score (nSPS) is 15.3. The van der Waals surface area contributed by atoms with E-state index < -0.39 is 12.6 Å². The molecule has 0 bridgehead atoms. The number of carboxylic acids is 1. The van der Waals surface area contributed by atoms with Gasteiger partial charge in [-0.15, -0.1) is 0 Å². The summed E-state index contributed by atoms with van der Waals surface area (Å²) in [5.41, 5.74) is 1.43. The van der Waals surface area contributed by atoms with Crippen LogP contribution in [0.1, 0.15) is 5.56 Å². The average Bonchev–Trinajstić information content (AvgIpc) is 2.94. The van der Waals surface area contributed by atoms with Gasteiger partial charge in [-0.25, -0.2) is 4.79 Å². The fourth-order valence-corrected chi connectivity index (χ4v) is 3.75. The first-order chi connectivity index (χ1) is 13.0. The van der Waals surface area contributed by atoms with Crippen LogP contribution in [0, 0.1) is 0 Å². The van der Waals surface area contributed by atoms with E-state index in [0.717, 1.165) is 5.69 Å². The monoisotopic (exact) mass is 401 g/mol. The maximum Gasteiger partial charge on any atom is 0.341 e. The first-order valence-corrected chi connectivity index (χ1v) is 9.07. The lowest BCUT2D eigenvalue weighted by atomic mass is 10.2. The summed E-state index contributed by atoms with van der Waals surface area (Å²) in [7, 11) is 1.46. The van der Waals surface area contributed by atoms with Crippen molar-refractivity contribution in [2.45, 2.75) is 0 Å². The SMILES string of the molecule is COc1cc(/C=C2\SC(=S)N(c3ccccc3)C2=O)ccc1OCC(=O)O. The van der Waals surface area contributed by atoms with Crippen LogP contribution in [-0.2, 0) is 9.59 Å². The summed E-state index contributed by atoms with van der Waals surface area (Å²) in [5, 5.41) is 8.72. The number of amides is 1. The van der Waals surface area contributed by atoms with E-state index in [-0.39, 0.29) is 5.91 Å². The van der Waals surface area contributed by atoms with E-state index in [1.165, 1.54) is 23.8 Å². The lowest BCUT2D eigenvalue weighted by molar-refractivity contribution is -0.139.